The van der Waals surface area contributed by atoms with Gasteiger partial charge in [0.05, 0.1) is 11.4 Å². The number of anilines is 1. The lowest BCUT2D eigenvalue weighted by Crippen LogP contribution is -2.25. The van der Waals surface area contributed by atoms with Crippen LogP contribution in [-0.2, 0) is 10.0 Å². The van der Waals surface area contributed by atoms with Crippen molar-refractivity contribution in [1.82, 2.24) is 0 Å². The zero-order valence-corrected chi connectivity index (χ0v) is 10.1. The molecule has 0 spiro atoms. The Morgan fingerprint density at radius 2 is 1.88 bits per heavy atom. The van der Waals surface area contributed by atoms with Crippen molar-refractivity contribution >= 4 is 15.7 Å². The van der Waals surface area contributed by atoms with E-state index in [9.17, 15) is 8.42 Å². The molecule has 17 heavy (non-hydrogen) atoms. The number of hydrogen-bond acceptors (Lipinski definition) is 4. The standard InChI is InChI=1S/C11H13NO4S/c13-17(14)7-1-4-12(17)9-2-3-10-11(8-9)16-6-5-15-10/h2-3,8H,1,4-7H2. The van der Waals surface area contributed by atoms with Crippen LogP contribution in [0.15, 0.2) is 18.2 Å². The molecule has 0 N–H and O–H groups in total. The number of rotatable bonds is 1. The molecular formula is C11H13NO4S. The molecule has 2 aliphatic heterocycles. The third kappa shape index (κ3) is 1.82. The van der Waals surface area contributed by atoms with Crippen molar-refractivity contribution in [2.75, 3.05) is 29.8 Å². The highest BCUT2D eigenvalue weighted by atomic mass is 32.2. The molecule has 1 aromatic rings. The molecule has 0 aromatic heterocycles. The summed E-state index contributed by atoms with van der Waals surface area (Å²) in [6, 6.07) is 5.26. The first-order chi connectivity index (χ1) is 8.17. The molecule has 1 saturated heterocycles. The van der Waals surface area contributed by atoms with Gasteiger partial charge in [0.1, 0.15) is 13.2 Å². The van der Waals surface area contributed by atoms with E-state index >= 15 is 0 Å². The van der Waals surface area contributed by atoms with Gasteiger partial charge in [0.25, 0.3) is 0 Å². The highest BCUT2D eigenvalue weighted by Crippen LogP contribution is 2.35. The van der Waals surface area contributed by atoms with Gasteiger partial charge < -0.3 is 9.47 Å². The third-order valence-corrected chi connectivity index (χ3v) is 4.78. The van der Waals surface area contributed by atoms with E-state index in [2.05, 4.69) is 0 Å². The summed E-state index contributed by atoms with van der Waals surface area (Å²) in [5.74, 6) is 1.52. The lowest BCUT2D eigenvalue weighted by Gasteiger charge is -2.22. The number of nitrogens with zero attached hydrogens (tertiary/aromatic N) is 1. The van der Waals surface area contributed by atoms with Gasteiger partial charge in [0.15, 0.2) is 11.5 Å². The van der Waals surface area contributed by atoms with E-state index in [1.165, 1.54) is 4.31 Å². The molecule has 0 amide bonds. The monoisotopic (exact) mass is 255 g/mol. The van der Waals surface area contributed by atoms with E-state index in [1.807, 2.05) is 0 Å². The Bertz CT molecular complexity index is 540. The maximum absolute atomic E-state index is 11.8. The van der Waals surface area contributed by atoms with Crippen LogP contribution in [0, 0.1) is 0 Å². The second-order valence-electron chi connectivity index (χ2n) is 4.07. The summed E-state index contributed by atoms with van der Waals surface area (Å²) in [4.78, 5) is 0. The highest BCUT2D eigenvalue weighted by molar-refractivity contribution is 7.93. The molecular weight excluding hydrogens is 242 g/mol. The summed E-state index contributed by atoms with van der Waals surface area (Å²) < 4.78 is 35.8. The largest absolute Gasteiger partial charge is 0.486 e. The molecule has 0 radical (unpaired) electrons. The van der Waals surface area contributed by atoms with Crippen LogP contribution in [0.4, 0.5) is 5.69 Å². The minimum Gasteiger partial charge on any atom is -0.486 e. The molecule has 3 rings (SSSR count). The Balaban J connectivity index is 1.99. The van der Waals surface area contributed by atoms with Crippen LogP contribution < -0.4 is 13.8 Å². The number of hydrogen-bond donors (Lipinski definition) is 0. The van der Waals surface area contributed by atoms with Crippen LogP contribution in [0.1, 0.15) is 6.42 Å². The fourth-order valence-corrected chi connectivity index (χ4v) is 3.67. The van der Waals surface area contributed by atoms with E-state index in [1.54, 1.807) is 18.2 Å². The predicted octanol–water partition coefficient (Wildman–Crippen LogP) is 0.998. The molecule has 0 bridgehead atoms. The highest BCUT2D eigenvalue weighted by Gasteiger charge is 2.29. The normalized spacial score (nSPS) is 21.5. The van der Waals surface area contributed by atoms with Crippen molar-refractivity contribution in [3.63, 3.8) is 0 Å². The maximum atomic E-state index is 11.8. The van der Waals surface area contributed by atoms with E-state index in [4.69, 9.17) is 9.47 Å². The van der Waals surface area contributed by atoms with Crippen LogP contribution in [0.2, 0.25) is 0 Å². The predicted molar refractivity (Wildman–Crippen MR) is 63.2 cm³/mol. The topological polar surface area (TPSA) is 55.8 Å². The van der Waals surface area contributed by atoms with Gasteiger partial charge in [-0.05, 0) is 18.6 Å². The van der Waals surface area contributed by atoms with Crippen molar-refractivity contribution in [2.24, 2.45) is 0 Å². The Hall–Kier alpha value is -1.43. The SMILES string of the molecule is O=S1(=O)CCCN1c1ccc2c(c1)OCCO2. The fraction of sp³-hybridized carbons (Fsp3) is 0.455. The summed E-state index contributed by atoms with van der Waals surface area (Å²) in [5.41, 5.74) is 0.659. The Morgan fingerprint density at radius 1 is 1.12 bits per heavy atom. The molecule has 2 heterocycles. The van der Waals surface area contributed by atoms with E-state index in [-0.39, 0.29) is 5.75 Å². The lowest BCUT2D eigenvalue weighted by atomic mass is 10.2. The third-order valence-electron chi connectivity index (χ3n) is 2.91. The number of fused-ring (bicyclic) bond motifs is 1. The zero-order valence-electron chi connectivity index (χ0n) is 9.26. The maximum Gasteiger partial charge on any atom is 0.235 e. The van der Waals surface area contributed by atoms with Crippen LogP contribution in [0.3, 0.4) is 0 Å². The van der Waals surface area contributed by atoms with Gasteiger partial charge in [-0.2, -0.15) is 0 Å². The molecule has 6 heteroatoms. The van der Waals surface area contributed by atoms with Crippen molar-refractivity contribution in [1.29, 1.82) is 0 Å². The first-order valence-electron chi connectivity index (χ1n) is 5.57. The Morgan fingerprint density at radius 3 is 2.59 bits per heavy atom. The molecule has 5 nitrogen and oxygen atoms in total. The van der Waals surface area contributed by atoms with Crippen LogP contribution in [0.25, 0.3) is 0 Å². The van der Waals surface area contributed by atoms with Crippen molar-refractivity contribution in [3.05, 3.63) is 18.2 Å². The van der Waals surface area contributed by atoms with E-state index in [0.717, 1.165) is 0 Å². The smallest absolute Gasteiger partial charge is 0.235 e. The molecule has 1 fully saturated rings. The van der Waals surface area contributed by atoms with Crippen LogP contribution >= 0.6 is 0 Å². The molecule has 0 saturated carbocycles. The van der Waals surface area contributed by atoms with E-state index < -0.39 is 10.0 Å². The van der Waals surface area contributed by atoms with Gasteiger partial charge in [-0.25, -0.2) is 8.42 Å². The summed E-state index contributed by atoms with van der Waals surface area (Å²) in [7, 11) is -3.13. The Kier molecular flexibility index (Phi) is 2.39. The van der Waals surface area contributed by atoms with Gasteiger partial charge in [-0.1, -0.05) is 0 Å². The van der Waals surface area contributed by atoms with Crippen molar-refractivity contribution in [3.8, 4) is 11.5 Å². The molecule has 1 aromatic carbocycles. The average molecular weight is 255 g/mol. The number of sulfonamides is 1. The summed E-state index contributed by atoms with van der Waals surface area (Å²) in [5, 5.41) is 0. The van der Waals surface area contributed by atoms with Gasteiger partial charge in [-0.3, -0.25) is 4.31 Å². The van der Waals surface area contributed by atoms with Crippen LogP contribution in [0.5, 0.6) is 11.5 Å². The quantitative estimate of drug-likeness (QED) is 0.751. The fourth-order valence-electron chi connectivity index (χ4n) is 2.12. The van der Waals surface area contributed by atoms with Gasteiger partial charge in [0.2, 0.25) is 10.0 Å². The average Bonchev–Trinajstić information content (AvgIpc) is 2.68. The lowest BCUT2D eigenvalue weighted by molar-refractivity contribution is 0.171. The number of ether oxygens (including phenoxy) is 2. The summed E-state index contributed by atoms with van der Waals surface area (Å²) in [6.07, 6.45) is 0.677. The van der Waals surface area contributed by atoms with Gasteiger partial charge >= 0.3 is 0 Å². The second-order valence-corrected chi connectivity index (χ2v) is 6.08. The molecule has 0 unspecified atom stereocenters. The number of benzene rings is 1. The van der Waals surface area contributed by atoms with Crippen molar-refractivity contribution in [2.45, 2.75) is 6.42 Å². The Labute approximate surface area is 100.0 Å². The first-order valence-corrected chi connectivity index (χ1v) is 7.18. The van der Waals surface area contributed by atoms with Gasteiger partial charge in [-0.15, -0.1) is 0 Å². The van der Waals surface area contributed by atoms with Crippen LogP contribution in [-0.4, -0.2) is 33.9 Å². The molecule has 0 atom stereocenters. The summed E-state index contributed by atoms with van der Waals surface area (Å²) in [6.45, 7) is 1.58. The second kappa shape index (κ2) is 3.80. The minimum atomic E-state index is -3.13. The van der Waals surface area contributed by atoms with Gasteiger partial charge in [0, 0.05) is 12.6 Å². The molecule has 92 valence electrons. The van der Waals surface area contributed by atoms with Crippen molar-refractivity contribution < 1.29 is 17.9 Å². The molecule has 2 aliphatic rings. The first kappa shape index (κ1) is 10.7. The van der Waals surface area contributed by atoms with E-state index in [0.29, 0.717) is 43.4 Å². The zero-order chi connectivity index (χ0) is 11.9. The minimum absolute atomic E-state index is 0.224. The molecule has 0 aliphatic carbocycles. The summed E-state index contributed by atoms with van der Waals surface area (Å²) >= 11 is 0.